The van der Waals surface area contributed by atoms with Crippen molar-refractivity contribution in [3.8, 4) is 0 Å². The van der Waals surface area contributed by atoms with Gasteiger partial charge in [-0.3, -0.25) is 150 Å². The minimum atomic E-state index is -0.472. The second-order valence-corrected chi connectivity index (χ2v) is 41.4. The lowest BCUT2D eigenvalue weighted by molar-refractivity contribution is -0.129. The van der Waals surface area contributed by atoms with Gasteiger partial charge in [0.25, 0.3) is 0 Å². The molecule has 0 fully saturated rings. The van der Waals surface area contributed by atoms with Crippen LogP contribution in [0.25, 0.3) is 0 Å². The summed E-state index contributed by atoms with van der Waals surface area (Å²) in [5.41, 5.74) is 20.1. The van der Waals surface area contributed by atoms with Crippen LogP contribution < -0.4 is 113 Å². The van der Waals surface area contributed by atoms with Crippen LogP contribution in [0.15, 0.2) is 0 Å². The number of hydrazine groups is 10. The van der Waals surface area contributed by atoms with E-state index in [1.807, 2.05) is 43.4 Å². The molecule has 0 radical (unpaired) electrons. The summed E-state index contributed by atoms with van der Waals surface area (Å²) < 4.78 is 0. The molecule has 0 aliphatic heterocycles. The molecule has 726 valence electrons. The van der Waals surface area contributed by atoms with Gasteiger partial charge in [-0.2, -0.15) is 0 Å². The third-order valence-corrected chi connectivity index (χ3v) is 29.6. The summed E-state index contributed by atoms with van der Waals surface area (Å²) in [4.78, 5) is 225. The van der Waals surface area contributed by atoms with Gasteiger partial charge >= 0.3 is 0 Å². The molecule has 40 nitrogen and oxygen atoms in total. The Morgan fingerprint density at radius 3 is 0.540 bits per heavy atom. The molecule has 30 N–H and O–H groups in total. The highest BCUT2D eigenvalue weighted by Crippen LogP contribution is 2.29. The minimum absolute atomic E-state index is 0.0629. The van der Waals surface area contributed by atoms with Crippen LogP contribution in [0.3, 0.4) is 0 Å². The molecule has 50 heteroatoms. The molecule has 0 aliphatic carbocycles. The first-order chi connectivity index (χ1) is 60.3. The average Bonchev–Trinajstić information content (AvgIpc) is 0.957. The number of Topliss-reactive ketones (excluding diaryl/α,β-unsaturated/α-hetero) is 10. The zero-order valence-electron chi connectivity index (χ0n) is 72.9. The molecule has 0 saturated carbocycles. The van der Waals surface area contributed by atoms with Gasteiger partial charge in [-0.25, -0.2) is 58.4 Å². The van der Waals surface area contributed by atoms with Crippen LogP contribution in [0, 0.1) is 11.8 Å². The third-order valence-electron chi connectivity index (χ3n) is 16.7. The largest absolute Gasteiger partial charge is 0.300 e. The highest BCUT2D eigenvalue weighted by Gasteiger charge is 2.19. The number of ketones is 10. The maximum atomic E-state index is 11.7. The van der Waals surface area contributed by atoms with Gasteiger partial charge in [0, 0.05) is 223 Å². The molecule has 0 aromatic carbocycles. The van der Waals surface area contributed by atoms with E-state index in [0.29, 0.717) is 141 Å². The smallest absolute Gasteiger partial charge is 0.241 e. The van der Waals surface area contributed by atoms with E-state index < -0.39 is 23.7 Å². The van der Waals surface area contributed by atoms with Crippen LogP contribution in [0.5, 0.6) is 0 Å². The van der Waals surface area contributed by atoms with E-state index in [1.54, 1.807) is 122 Å². The third kappa shape index (κ3) is 97.6. The van der Waals surface area contributed by atoms with Crippen LogP contribution >= 0.6 is 108 Å². The van der Waals surface area contributed by atoms with Gasteiger partial charge < -0.3 is 0 Å². The number of rotatable bonds is 79. The molecule has 0 heterocycles. The Morgan fingerprint density at radius 1 is 0.175 bits per heavy atom. The molecule has 2 atom stereocenters. The standard InChI is InChI=1S/C18H34N4O4S2.2C16H30N4O4S2.C14H26N4O4S2.C12H22N4O4S2/c19-21-17(25)11-3-1-7-15(23)9-5-13-27-28-14-6-10-16(24)8-2-4-12-18(26)22-20;1-11(15(23)19-17)9-13(21)5-3-7-25-26-8-4-6-14(22)10-12(2)16(24)20-18;17-19-15(23)9-1-5-13(21)7-3-11-25-26-12-4-8-14(22)6-2-10-16(24)20-18;15-17-13(21)7-5-11(19)3-1-9-23-24-10-2-4-12(20)6-8-14(22)18-16;13-15-11(19)7-9(17)3-1-5-21-22-6-2-4-10(18)8-12(20)16-14/h1-14,19-20H2,(H,21,25)(H,22,26);11-12H,3-10,17-18H2,1-2H3,(H,19,23)(H,20,24);1-12,17-18H2,(H,19,23)(H,20,24);1-10,15-16H2,(H,17,21)(H,18,22);1-8,13-14H2,(H,15,19)(H,16,20). The minimum Gasteiger partial charge on any atom is -0.300 e. The summed E-state index contributed by atoms with van der Waals surface area (Å²) in [5, 5.41) is 0. The van der Waals surface area contributed by atoms with Crippen LogP contribution in [-0.4, -0.2) is 174 Å². The Balaban J connectivity index is -0.000000485. The molecule has 0 saturated heterocycles. The Bertz CT molecular complexity index is 2940. The maximum absolute atomic E-state index is 11.7. The number of unbranched alkanes of at least 4 members (excludes halogenated alkanes) is 2. The molecule has 126 heavy (non-hydrogen) atoms. The molecule has 0 aliphatic rings. The van der Waals surface area contributed by atoms with Gasteiger partial charge in [0.15, 0.2) is 0 Å². The molecule has 0 rings (SSSR count). The summed E-state index contributed by atoms with van der Waals surface area (Å²) in [6.45, 7) is 3.35. The number of amides is 10. The molecule has 10 amide bonds. The maximum Gasteiger partial charge on any atom is 0.241 e. The number of nitrogens with one attached hydrogen (secondary N) is 10. The number of carbonyl (C=O) groups excluding carboxylic acids is 20. The lowest BCUT2D eigenvalue weighted by Crippen LogP contribution is -2.35. The normalized spacial score (nSPS) is 10.9. The zero-order valence-corrected chi connectivity index (χ0v) is 81.1. The predicted octanol–water partition coefficient (Wildman–Crippen LogP) is 5.09. The Kier molecular flexibility index (Phi) is 97.9. The second kappa shape index (κ2) is 95.6. The summed E-state index contributed by atoms with van der Waals surface area (Å²) in [6.07, 6.45) is 20.5. The monoisotopic (exact) mass is 1970 g/mol. The summed E-state index contributed by atoms with van der Waals surface area (Å²) in [6, 6.07) is 0. The Hall–Kier alpha value is -5.50. The van der Waals surface area contributed by atoms with E-state index in [1.165, 1.54) is 0 Å². The van der Waals surface area contributed by atoms with E-state index in [4.69, 9.17) is 58.4 Å². The van der Waals surface area contributed by atoms with Crippen LogP contribution in [0.4, 0.5) is 0 Å². The van der Waals surface area contributed by atoms with E-state index in [0.717, 1.165) is 122 Å². The number of nitrogens with two attached hydrogens (primary N) is 10. The van der Waals surface area contributed by atoms with Crippen molar-refractivity contribution in [2.24, 2.45) is 70.3 Å². The van der Waals surface area contributed by atoms with Gasteiger partial charge in [-0.1, -0.05) is 122 Å². The number of carbonyl (C=O) groups is 20. The van der Waals surface area contributed by atoms with E-state index >= 15 is 0 Å². The SMILES string of the molecule is CC(CC(=O)CCCSSCCCC(=O)CC(C)C(=O)NN)C(=O)NN.NNC(=O)CC(=O)CCCSSCCCC(=O)CC(=O)NN.NNC(=O)CCC(=O)CCCSSCCCC(=O)CCC(=O)NN.NNC(=O)CCCC(=O)CCCSSCCCC(=O)CCCC(=O)NN.NNC(=O)CCCCC(=O)CCCSSCCCC(=O)CCCCC(=O)NN. The first-order valence-corrected chi connectivity index (χ1v) is 54.1. The lowest BCUT2D eigenvalue weighted by atomic mass is 10.0. The Morgan fingerprint density at radius 2 is 0.333 bits per heavy atom. The van der Waals surface area contributed by atoms with Crippen LogP contribution in [-0.2, 0) is 95.9 Å². The Labute approximate surface area is 780 Å². The van der Waals surface area contributed by atoms with Crippen molar-refractivity contribution in [1.82, 2.24) is 54.3 Å². The topological polar surface area (TPSA) is 722 Å². The highest BCUT2D eigenvalue weighted by atomic mass is 33.1. The number of hydrogen-bond donors (Lipinski definition) is 20. The summed E-state index contributed by atoms with van der Waals surface area (Å²) in [5.74, 6) is 55.1. The molecular formula is C76H142N20O20S10. The number of hydrogen-bond acceptors (Lipinski definition) is 40. The first-order valence-electron chi connectivity index (χ1n) is 41.6. The molecule has 0 spiro atoms. The predicted molar refractivity (Wildman–Crippen MR) is 510 cm³/mol. The summed E-state index contributed by atoms with van der Waals surface area (Å²) in [7, 11) is 16.8. The van der Waals surface area contributed by atoms with Gasteiger partial charge in [0.1, 0.15) is 57.8 Å². The molecule has 2 unspecified atom stereocenters. The summed E-state index contributed by atoms with van der Waals surface area (Å²) >= 11 is 0. The average molecular weight is 1980 g/mol. The van der Waals surface area contributed by atoms with Crippen molar-refractivity contribution in [1.29, 1.82) is 0 Å². The van der Waals surface area contributed by atoms with Crippen LogP contribution in [0.1, 0.15) is 284 Å². The highest BCUT2D eigenvalue weighted by molar-refractivity contribution is 8.77. The van der Waals surface area contributed by atoms with Gasteiger partial charge in [-0.15, -0.1) is 0 Å². The fraction of sp³-hybridized carbons (Fsp3) is 0.737. The van der Waals surface area contributed by atoms with E-state index in [-0.39, 0.29) is 169 Å². The first kappa shape index (κ1) is 129. The van der Waals surface area contributed by atoms with Gasteiger partial charge in [-0.05, 0) is 103 Å². The fourth-order valence-electron chi connectivity index (χ4n) is 9.66. The van der Waals surface area contributed by atoms with Crippen molar-refractivity contribution in [3.05, 3.63) is 0 Å². The quantitative estimate of drug-likeness (QED) is 0.00942. The fourth-order valence-corrected chi connectivity index (χ4v) is 20.5. The van der Waals surface area contributed by atoms with Crippen molar-refractivity contribution >= 4 is 225 Å². The van der Waals surface area contributed by atoms with Crippen molar-refractivity contribution < 1.29 is 95.9 Å². The van der Waals surface area contributed by atoms with Crippen molar-refractivity contribution in [2.45, 2.75) is 284 Å². The van der Waals surface area contributed by atoms with Gasteiger partial charge in [0.05, 0.1) is 12.8 Å². The molecule has 0 bridgehead atoms. The second-order valence-electron chi connectivity index (χ2n) is 27.9. The van der Waals surface area contributed by atoms with Crippen molar-refractivity contribution in [3.63, 3.8) is 0 Å². The van der Waals surface area contributed by atoms with Crippen molar-refractivity contribution in [2.75, 3.05) is 57.5 Å². The zero-order chi connectivity index (χ0) is 95.6. The molecular weight excluding hydrogens is 1830 g/mol. The lowest BCUT2D eigenvalue weighted by Gasteiger charge is -2.08. The molecule has 0 aromatic heterocycles. The van der Waals surface area contributed by atoms with Crippen LogP contribution in [0.2, 0.25) is 0 Å². The van der Waals surface area contributed by atoms with E-state index in [9.17, 15) is 95.9 Å². The molecule has 0 aromatic rings. The van der Waals surface area contributed by atoms with E-state index in [2.05, 4.69) is 10.9 Å². The van der Waals surface area contributed by atoms with Gasteiger partial charge in [0.2, 0.25) is 59.1 Å².